The monoisotopic (exact) mass is 270 g/mol. The van der Waals surface area contributed by atoms with E-state index in [4.69, 9.17) is 4.43 Å². The summed E-state index contributed by atoms with van der Waals surface area (Å²) >= 11 is 0. The van der Waals surface area contributed by atoms with Gasteiger partial charge in [-0.3, -0.25) is 0 Å². The van der Waals surface area contributed by atoms with E-state index < -0.39 is 22.5 Å². The quantitative estimate of drug-likeness (QED) is 0.694. The summed E-state index contributed by atoms with van der Waals surface area (Å²) in [6.07, 6.45) is 0. The van der Waals surface area contributed by atoms with Crippen molar-refractivity contribution in [2.45, 2.75) is 51.7 Å². The van der Waals surface area contributed by atoms with E-state index in [1.54, 1.807) is 0 Å². The molecule has 1 saturated heterocycles. The van der Waals surface area contributed by atoms with E-state index in [1.807, 2.05) is 0 Å². The third kappa shape index (κ3) is 1.85. The Kier molecular flexibility index (Phi) is 3.36. The molecule has 92 valence electrons. The van der Waals surface area contributed by atoms with E-state index in [1.165, 1.54) is 6.04 Å². The van der Waals surface area contributed by atoms with Crippen LogP contribution in [-0.2, 0) is 4.43 Å². The van der Waals surface area contributed by atoms with Crippen molar-refractivity contribution in [2.24, 2.45) is 0 Å². The second-order valence-electron chi connectivity index (χ2n) is 6.71. The summed E-state index contributed by atoms with van der Waals surface area (Å²) in [5.41, 5.74) is 4.61. The minimum atomic E-state index is -1.68. The molecule has 1 nitrogen and oxygen atoms in total. The molecule has 0 spiro atoms. The second-order valence-corrected chi connectivity index (χ2v) is 30.7. The Morgan fingerprint density at radius 1 is 1.06 bits per heavy atom. The summed E-state index contributed by atoms with van der Waals surface area (Å²) in [6.45, 7) is 22.6. The lowest BCUT2D eigenvalue weighted by atomic mass is 10.2. The normalized spacial score (nSPS) is 29.4. The number of hydrogen-bond acceptors (Lipinski definition) is 1. The maximum Gasteiger partial charge on any atom is 0.181 e. The molecule has 0 radical (unpaired) electrons. The van der Waals surface area contributed by atoms with Crippen LogP contribution in [0.1, 0.15) is 13.8 Å². The largest absolute Gasteiger partial charge is 0.415 e. The predicted octanol–water partition coefficient (Wildman–Crippen LogP) is 3.76. The van der Waals surface area contributed by atoms with Gasteiger partial charge in [0.1, 0.15) is 7.11 Å². The van der Waals surface area contributed by atoms with Crippen LogP contribution in [0.3, 0.4) is 0 Å². The third-order valence-electron chi connectivity index (χ3n) is 4.16. The van der Waals surface area contributed by atoms with Gasteiger partial charge in [0.25, 0.3) is 0 Å². The van der Waals surface area contributed by atoms with Crippen molar-refractivity contribution in [3.8, 4) is 0 Å². The fourth-order valence-corrected chi connectivity index (χ4v) is 42.7. The molecular formula is C12H26OSi3. The van der Waals surface area contributed by atoms with Crippen LogP contribution < -0.4 is 0 Å². The molecule has 1 fully saturated rings. The fourth-order valence-electron chi connectivity index (χ4n) is 3.96. The molecule has 1 aliphatic rings. The van der Waals surface area contributed by atoms with Crippen LogP contribution in [0.5, 0.6) is 0 Å². The van der Waals surface area contributed by atoms with Gasteiger partial charge in [0, 0.05) is 5.60 Å². The van der Waals surface area contributed by atoms with Gasteiger partial charge in [0.2, 0.25) is 0 Å². The van der Waals surface area contributed by atoms with E-state index in [0.29, 0.717) is 0 Å². The summed E-state index contributed by atoms with van der Waals surface area (Å²) in [7, 11) is -4.57. The van der Waals surface area contributed by atoms with Gasteiger partial charge in [-0.25, -0.2) is 0 Å². The lowest BCUT2D eigenvalue weighted by Gasteiger charge is -2.58. The average Bonchev–Trinajstić information content (AvgIpc) is 1.98. The Labute approximate surface area is 103 Å². The summed E-state index contributed by atoms with van der Waals surface area (Å²) in [5.74, 6) is 0. The highest BCUT2D eigenvalue weighted by atomic mass is 29.6. The van der Waals surface area contributed by atoms with Crippen molar-refractivity contribution >= 4 is 22.5 Å². The highest BCUT2D eigenvalue weighted by Gasteiger charge is 2.62. The van der Waals surface area contributed by atoms with Gasteiger partial charge in [-0.15, -0.1) is 13.2 Å². The zero-order chi connectivity index (χ0) is 12.8. The molecule has 0 amide bonds. The minimum absolute atomic E-state index is 0.0635. The lowest BCUT2D eigenvalue weighted by Crippen LogP contribution is -2.79. The lowest BCUT2D eigenvalue weighted by molar-refractivity contribution is 0.123. The molecule has 0 aromatic rings. The van der Waals surface area contributed by atoms with Crippen molar-refractivity contribution < 1.29 is 4.43 Å². The first-order valence-electron chi connectivity index (χ1n) is 6.01. The maximum absolute atomic E-state index is 6.49. The molecule has 0 aromatic heterocycles. The van der Waals surface area contributed by atoms with Crippen LogP contribution in [0, 0.1) is 0 Å². The van der Waals surface area contributed by atoms with Crippen LogP contribution >= 0.6 is 0 Å². The van der Waals surface area contributed by atoms with Crippen molar-refractivity contribution in [2.75, 3.05) is 0 Å². The van der Waals surface area contributed by atoms with Gasteiger partial charge in [-0.1, -0.05) is 24.5 Å². The molecular weight excluding hydrogens is 244 g/mol. The van der Waals surface area contributed by atoms with Crippen molar-refractivity contribution in [3.63, 3.8) is 0 Å². The molecule has 1 aliphatic heterocycles. The molecule has 16 heavy (non-hydrogen) atoms. The first kappa shape index (κ1) is 14.2. The summed E-state index contributed by atoms with van der Waals surface area (Å²) in [6, 6.07) is 1.24. The highest BCUT2D eigenvalue weighted by molar-refractivity contribution is 7.71. The van der Waals surface area contributed by atoms with Gasteiger partial charge in [0.05, 0.1) is 7.59 Å². The molecule has 0 aromatic carbocycles. The van der Waals surface area contributed by atoms with Crippen LogP contribution in [-0.4, -0.2) is 28.1 Å². The average molecular weight is 271 g/mol. The molecule has 1 heterocycles. The van der Waals surface area contributed by atoms with Crippen LogP contribution in [0.4, 0.5) is 0 Å². The smallest absolute Gasteiger partial charge is 0.181 e. The Bertz CT molecular complexity index is 288. The van der Waals surface area contributed by atoms with E-state index in [-0.39, 0.29) is 5.60 Å². The first-order valence-corrected chi connectivity index (χ1v) is 16.3. The maximum atomic E-state index is 6.49. The molecule has 4 heteroatoms. The SMILES string of the molecule is C=C[Si]1(C=C)[Si](C)(C)CC(C)(C)O[Si]1(C)C. The van der Waals surface area contributed by atoms with Gasteiger partial charge in [0.15, 0.2) is 7.83 Å². The van der Waals surface area contributed by atoms with Crippen molar-refractivity contribution in [1.82, 2.24) is 0 Å². The third-order valence-corrected chi connectivity index (χ3v) is 40.0. The van der Waals surface area contributed by atoms with Gasteiger partial charge in [-0.05, 0) is 33.0 Å². The standard InChI is InChI=1S/C12H26OSi3/c1-9-16(10-2)14(5,6)11-12(3,4)13-15(16,7)8/h9-10H,1-2,11H2,3-8H3. The van der Waals surface area contributed by atoms with Crippen molar-refractivity contribution in [1.29, 1.82) is 0 Å². The van der Waals surface area contributed by atoms with E-state index >= 15 is 0 Å². The van der Waals surface area contributed by atoms with E-state index in [2.05, 4.69) is 64.6 Å². The fraction of sp³-hybridized carbons (Fsp3) is 0.667. The van der Waals surface area contributed by atoms with Crippen LogP contribution in [0.2, 0.25) is 32.2 Å². The molecule has 0 N–H and O–H groups in total. The van der Waals surface area contributed by atoms with Crippen molar-refractivity contribution in [3.05, 3.63) is 24.6 Å². The zero-order valence-corrected chi connectivity index (χ0v) is 14.7. The van der Waals surface area contributed by atoms with Gasteiger partial charge in [-0.2, -0.15) is 0 Å². The molecule has 1 rings (SSSR count). The first-order chi connectivity index (χ1) is 7.04. The van der Waals surface area contributed by atoms with Crippen LogP contribution in [0.15, 0.2) is 24.6 Å². The Morgan fingerprint density at radius 3 is 1.81 bits per heavy atom. The molecule has 0 bridgehead atoms. The highest BCUT2D eigenvalue weighted by Crippen LogP contribution is 2.44. The summed E-state index contributed by atoms with van der Waals surface area (Å²) < 4.78 is 6.49. The molecule has 0 unspecified atom stereocenters. The Hall–Kier alpha value is 0.0906. The van der Waals surface area contributed by atoms with Gasteiger partial charge < -0.3 is 4.43 Å². The topological polar surface area (TPSA) is 9.23 Å². The summed E-state index contributed by atoms with van der Waals surface area (Å²) in [4.78, 5) is 0. The molecule has 0 atom stereocenters. The number of hydrogen-bond donors (Lipinski definition) is 0. The summed E-state index contributed by atoms with van der Waals surface area (Å²) in [5, 5.41) is 0. The van der Waals surface area contributed by atoms with Gasteiger partial charge >= 0.3 is 0 Å². The van der Waals surface area contributed by atoms with E-state index in [9.17, 15) is 0 Å². The molecule has 0 aliphatic carbocycles. The zero-order valence-electron chi connectivity index (χ0n) is 11.7. The molecule has 0 saturated carbocycles. The Balaban J connectivity index is 3.37. The predicted molar refractivity (Wildman–Crippen MR) is 81.1 cm³/mol. The van der Waals surface area contributed by atoms with E-state index in [0.717, 1.165) is 0 Å². The second kappa shape index (κ2) is 3.80. The Morgan fingerprint density at radius 2 is 1.50 bits per heavy atom. The number of rotatable bonds is 2. The minimum Gasteiger partial charge on any atom is -0.415 e. The van der Waals surface area contributed by atoms with Crippen LogP contribution in [0.25, 0.3) is 0 Å².